The third-order valence-electron chi connectivity index (χ3n) is 9.63. The normalized spacial score (nSPS) is 12.2. The van der Waals surface area contributed by atoms with Gasteiger partial charge in [-0.3, -0.25) is 0 Å². The van der Waals surface area contributed by atoms with Crippen LogP contribution < -0.4 is 10.4 Å². The molecule has 0 N–H and O–H groups in total. The molecule has 0 bridgehead atoms. The lowest BCUT2D eigenvalue weighted by molar-refractivity contribution is 0.0106. The lowest BCUT2D eigenvalue weighted by atomic mass is 9.80. The monoisotopic (exact) mass is 654 g/mol. The standard InChI is InChI=1S/C45H54O2Si/c1-44(2,3)48(42-33-21-13-22-34-42,43-35-23-14-24-36-43)47-38-26-9-7-5-4-6-8-25-37-46-45(39-27-15-10-16-28-39,40-29-17-11-18-30-40)41-31-19-12-20-32-41/h10-24,27-36H,4-9,25-26,37-38H2,1-3H3. The van der Waals surface area contributed by atoms with Gasteiger partial charge in [-0.05, 0) is 44.9 Å². The third-order valence-corrected chi connectivity index (χ3v) is 14.7. The van der Waals surface area contributed by atoms with Crippen molar-refractivity contribution in [2.45, 2.75) is 82.8 Å². The molecule has 0 aliphatic heterocycles. The molecule has 0 unspecified atom stereocenters. The van der Waals surface area contributed by atoms with E-state index in [0.29, 0.717) is 0 Å². The Kier molecular flexibility index (Phi) is 13.0. The van der Waals surface area contributed by atoms with Gasteiger partial charge in [0, 0.05) is 13.2 Å². The fraction of sp³-hybridized carbons (Fsp3) is 0.333. The van der Waals surface area contributed by atoms with E-state index in [0.717, 1.165) is 26.1 Å². The van der Waals surface area contributed by atoms with Gasteiger partial charge in [-0.15, -0.1) is 0 Å². The zero-order chi connectivity index (χ0) is 33.5. The summed E-state index contributed by atoms with van der Waals surface area (Å²) in [5, 5.41) is 2.75. The van der Waals surface area contributed by atoms with Gasteiger partial charge in [-0.1, -0.05) is 211 Å². The second-order valence-corrected chi connectivity index (χ2v) is 18.3. The van der Waals surface area contributed by atoms with Crippen molar-refractivity contribution in [3.63, 3.8) is 0 Å². The Hall–Kier alpha value is -3.76. The van der Waals surface area contributed by atoms with Crippen LogP contribution in [-0.2, 0) is 14.8 Å². The van der Waals surface area contributed by atoms with Gasteiger partial charge in [-0.25, -0.2) is 0 Å². The highest BCUT2D eigenvalue weighted by atomic mass is 28.4. The van der Waals surface area contributed by atoms with Crippen LogP contribution in [0.1, 0.15) is 88.8 Å². The predicted octanol–water partition coefficient (Wildman–Crippen LogP) is 10.7. The van der Waals surface area contributed by atoms with Crippen LogP contribution in [0.2, 0.25) is 5.04 Å². The van der Waals surface area contributed by atoms with E-state index in [1.54, 1.807) is 0 Å². The number of hydrogen-bond donors (Lipinski definition) is 0. The van der Waals surface area contributed by atoms with Gasteiger partial charge in [0.1, 0.15) is 5.60 Å². The maximum atomic E-state index is 7.09. The van der Waals surface area contributed by atoms with Crippen LogP contribution in [0.4, 0.5) is 0 Å². The maximum absolute atomic E-state index is 7.09. The average molecular weight is 655 g/mol. The topological polar surface area (TPSA) is 18.5 Å². The summed E-state index contributed by atoms with van der Waals surface area (Å²) in [6.45, 7) is 8.61. The highest BCUT2D eigenvalue weighted by Gasteiger charge is 2.50. The van der Waals surface area contributed by atoms with Crippen LogP contribution in [0.3, 0.4) is 0 Å². The van der Waals surface area contributed by atoms with Crippen molar-refractivity contribution in [3.05, 3.63) is 168 Å². The van der Waals surface area contributed by atoms with Gasteiger partial charge < -0.3 is 9.16 Å². The van der Waals surface area contributed by atoms with E-state index in [1.165, 1.54) is 65.6 Å². The molecule has 0 heterocycles. The van der Waals surface area contributed by atoms with E-state index in [2.05, 4.69) is 172 Å². The molecule has 0 atom stereocenters. The lowest BCUT2D eigenvalue weighted by Crippen LogP contribution is -2.66. The first-order valence-corrected chi connectivity index (χ1v) is 19.9. The highest BCUT2D eigenvalue weighted by molar-refractivity contribution is 6.99. The second kappa shape index (κ2) is 17.6. The number of unbranched alkanes of at least 4 members (excludes halogenated alkanes) is 7. The van der Waals surface area contributed by atoms with E-state index in [9.17, 15) is 0 Å². The number of rotatable bonds is 18. The second-order valence-electron chi connectivity index (χ2n) is 14.0. The van der Waals surface area contributed by atoms with Crippen molar-refractivity contribution >= 4 is 18.7 Å². The summed E-state index contributed by atoms with van der Waals surface area (Å²) < 4.78 is 14.1. The Bertz CT molecular complexity index is 1450. The maximum Gasteiger partial charge on any atom is 0.261 e. The summed E-state index contributed by atoms with van der Waals surface area (Å²) in [6.07, 6.45) is 9.63. The molecule has 0 fully saturated rings. The van der Waals surface area contributed by atoms with Crippen LogP contribution in [0.5, 0.6) is 0 Å². The van der Waals surface area contributed by atoms with Crippen LogP contribution in [-0.4, -0.2) is 21.5 Å². The summed E-state index contributed by atoms with van der Waals surface area (Å²) in [6, 6.07) is 54.0. The van der Waals surface area contributed by atoms with Gasteiger partial charge in [-0.2, -0.15) is 0 Å². The van der Waals surface area contributed by atoms with Gasteiger partial charge >= 0.3 is 0 Å². The molecule has 0 aliphatic carbocycles. The van der Waals surface area contributed by atoms with Gasteiger partial charge in [0.2, 0.25) is 0 Å². The first kappa shape index (κ1) is 35.5. The Labute approximate surface area is 291 Å². The molecule has 0 aromatic heterocycles. The van der Waals surface area contributed by atoms with Crippen LogP contribution in [0.15, 0.2) is 152 Å². The lowest BCUT2D eigenvalue weighted by Gasteiger charge is -2.43. The summed E-state index contributed by atoms with van der Waals surface area (Å²) >= 11 is 0. The third kappa shape index (κ3) is 8.44. The Morgan fingerprint density at radius 2 is 0.708 bits per heavy atom. The molecular formula is C45H54O2Si. The number of ether oxygens (including phenoxy) is 1. The van der Waals surface area contributed by atoms with Crippen molar-refractivity contribution in [2.75, 3.05) is 13.2 Å². The minimum absolute atomic E-state index is 0.0301. The quantitative estimate of drug-likeness (QED) is 0.0532. The van der Waals surface area contributed by atoms with Gasteiger partial charge in [0.15, 0.2) is 0 Å². The Balaban J connectivity index is 1.08. The molecule has 250 valence electrons. The first-order valence-electron chi connectivity index (χ1n) is 18.0. The number of benzene rings is 5. The van der Waals surface area contributed by atoms with Gasteiger partial charge in [0.25, 0.3) is 8.32 Å². The summed E-state index contributed by atoms with van der Waals surface area (Å²) in [5.74, 6) is 0. The summed E-state index contributed by atoms with van der Waals surface area (Å²) in [7, 11) is -2.43. The van der Waals surface area contributed by atoms with Crippen molar-refractivity contribution < 1.29 is 9.16 Å². The molecule has 0 saturated heterocycles. The molecule has 48 heavy (non-hydrogen) atoms. The minimum atomic E-state index is -2.43. The smallest absolute Gasteiger partial charge is 0.261 e. The molecule has 0 radical (unpaired) electrons. The average Bonchev–Trinajstić information content (AvgIpc) is 3.13. The predicted molar refractivity (Wildman–Crippen MR) is 206 cm³/mol. The zero-order valence-electron chi connectivity index (χ0n) is 29.3. The number of hydrogen-bond acceptors (Lipinski definition) is 2. The largest absolute Gasteiger partial charge is 0.407 e. The minimum Gasteiger partial charge on any atom is -0.407 e. The van der Waals surface area contributed by atoms with Crippen LogP contribution in [0.25, 0.3) is 0 Å². The fourth-order valence-electron chi connectivity index (χ4n) is 7.25. The first-order chi connectivity index (χ1) is 23.5. The van der Waals surface area contributed by atoms with E-state index >= 15 is 0 Å². The highest BCUT2D eigenvalue weighted by Crippen LogP contribution is 2.41. The van der Waals surface area contributed by atoms with Crippen molar-refractivity contribution in [1.82, 2.24) is 0 Å². The van der Waals surface area contributed by atoms with E-state index < -0.39 is 13.9 Å². The molecular weight excluding hydrogens is 601 g/mol. The van der Waals surface area contributed by atoms with Crippen molar-refractivity contribution in [2.24, 2.45) is 0 Å². The fourth-order valence-corrected chi connectivity index (χ4v) is 11.9. The molecule has 0 aliphatic rings. The zero-order valence-corrected chi connectivity index (χ0v) is 30.3. The van der Waals surface area contributed by atoms with E-state index in [1.807, 2.05) is 0 Å². The molecule has 5 rings (SSSR count). The van der Waals surface area contributed by atoms with Crippen LogP contribution >= 0.6 is 0 Å². The summed E-state index contributed by atoms with van der Waals surface area (Å²) in [5.41, 5.74) is 2.88. The SMILES string of the molecule is CC(C)(C)[Si](OCCCCCCCCCCOC(c1ccccc1)(c1ccccc1)c1ccccc1)(c1ccccc1)c1ccccc1. The Morgan fingerprint density at radius 1 is 0.396 bits per heavy atom. The molecule has 5 aromatic rings. The molecule has 2 nitrogen and oxygen atoms in total. The molecule has 0 spiro atoms. The Morgan fingerprint density at radius 3 is 1.06 bits per heavy atom. The van der Waals surface area contributed by atoms with E-state index in [-0.39, 0.29) is 5.04 Å². The van der Waals surface area contributed by atoms with Crippen LogP contribution in [0, 0.1) is 0 Å². The van der Waals surface area contributed by atoms with Crippen molar-refractivity contribution in [3.8, 4) is 0 Å². The summed E-state index contributed by atoms with van der Waals surface area (Å²) in [4.78, 5) is 0. The molecule has 0 saturated carbocycles. The van der Waals surface area contributed by atoms with Gasteiger partial charge in [0.05, 0.1) is 0 Å². The van der Waals surface area contributed by atoms with Crippen molar-refractivity contribution in [1.29, 1.82) is 0 Å². The molecule has 5 aromatic carbocycles. The van der Waals surface area contributed by atoms with E-state index in [4.69, 9.17) is 9.16 Å². The molecule has 0 amide bonds. The molecule has 3 heteroatoms.